The predicted molar refractivity (Wildman–Crippen MR) is 116 cm³/mol. The second-order valence-electron chi connectivity index (χ2n) is 7.11. The Morgan fingerprint density at radius 2 is 1.86 bits per heavy atom. The maximum absolute atomic E-state index is 12.9. The molecule has 28 heavy (non-hydrogen) atoms. The van der Waals surface area contributed by atoms with Crippen molar-refractivity contribution in [3.8, 4) is 16.9 Å². The lowest BCUT2D eigenvalue weighted by atomic mass is 9.99. The molecule has 0 aliphatic carbocycles. The van der Waals surface area contributed by atoms with Gasteiger partial charge < -0.3 is 9.72 Å². The molecule has 4 aromatic rings. The number of methoxy groups -OCH3 is 1. The maximum atomic E-state index is 12.9. The molecule has 0 unspecified atom stereocenters. The molecule has 2 aromatic carbocycles. The molecule has 0 saturated heterocycles. The van der Waals surface area contributed by atoms with E-state index in [-0.39, 0.29) is 5.56 Å². The van der Waals surface area contributed by atoms with Gasteiger partial charge in [-0.25, -0.2) is 4.98 Å². The lowest BCUT2D eigenvalue weighted by Gasteiger charge is -2.08. The van der Waals surface area contributed by atoms with E-state index in [1.165, 1.54) is 16.9 Å². The second kappa shape index (κ2) is 7.60. The van der Waals surface area contributed by atoms with Gasteiger partial charge in [-0.2, -0.15) is 0 Å². The van der Waals surface area contributed by atoms with E-state index in [1.54, 1.807) is 7.11 Å². The van der Waals surface area contributed by atoms with Crippen LogP contribution < -0.4 is 10.3 Å². The van der Waals surface area contributed by atoms with Crippen LogP contribution in [0.1, 0.15) is 36.7 Å². The molecule has 0 amide bonds. The quantitative estimate of drug-likeness (QED) is 0.498. The molecule has 5 heteroatoms. The Hall–Kier alpha value is -2.92. The van der Waals surface area contributed by atoms with Crippen molar-refractivity contribution in [3.63, 3.8) is 0 Å². The average molecular weight is 391 g/mol. The minimum Gasteiger partial charge on any atom is -0.496 e. The largest absolute Gasteiger partial charge is 0.496 e. The maximum Gasteiger partial charge on any atom is 0.260 e. The van der Waals surface area contributed by atoms with Crippen LogP contribution >= 0.6 is 11.3 Å². The van der Waals surface area contributed by atoms with Crippen LogP contribution in [0.15, 0.2) is 58.7 Å². The van der Waals surface area contributed by atoms with Crippen molar-refractivity contribution in [2.75, 3.05) is 7.11 Å². The molecular weight excluding hydrogens is 368 g/mol. The summed E-state index contributed by atoms with van der Waals surface area (Å²) in [5, 5.41) is 2.68. The predicted octanol–water partition coefficient (Wildman–Crippen LogP) is 5.37. The van der Waals surface area contributed by atoms with Gasteiger partial charge in [0.25, 0.3) is 5.56 Å². The summed E-state index contributed by atoms with van der Waals surface area (Å²) in [7, 11) is 1.65. The number of nitrogens with one attached hydrogen (secondary N) is 1. The highest BCUT2D eigenvalue weighted by Gasteiger charge is 2.14. The zero-order chi connectivity index (χ0) is 19.7. The van der Waals surface area contributed by atoms with Crippen molar-refractivity contribution in [1.82, 2.24) is 9.97 Å². The van der Waals surface area contributed by atoms with Gasteiger partial charge in [0.1, 0.15) is 16.4 Å². The van der Waals surface area contributed by atoms with E-state index in [0.717, 1.165) is 27.3 Å². The van der Waals surface area contributed by atoms with E-state index in [9.17, 15) is 4.79 Å². The molecule has 0 aliphatic rings. The van der Waals surface area contributed by atoms with Gasteiger partial charge in [0.15, 0.2) is 0 Å². The number of rotatable bonds is 5. The van der Waals surface area contributed by atoms with Crippen LogP contribution in [0.3, 0.4) is 0 Å². The monoisotopic (exact) mass is 390 g/mol. The summed E-state index contributed by atoms with van der Waals surface area (Å²) in [5.41, 5.74) is 4.16. The molecule has 1 N–H and O–H groups in total. The third-order valence-electron chi connectivity index (χ3n) is 4.93. The zero-order valence-corrected chi connectivity index (χ0v) is 17.0. The molecular formula is C23H22N2O2S. The number of aromatic nitrogens is 2. The highest BCUT2D eigenvalue weighted by Crippen LogP contribution is 2.32. The van der Waals surface area contributed by atoms with E-state index < -0.39 is 0 Å². The number of nitrogens with zero attached hydrogens (tertiary/aromatic N) is 1. The SMILES string of the molecule is COc1ccccc1Cc1nc2scc(-c3ccc(C(C)C)cc3)c2c(=O)[nH]1. The molecule has 0 atom stereocenters. The van der Waals surface area contributed by atoms with Crippen molar-refractivity contribution in [3.05, 3.63) is 81.2 Å². The fourth-order valence-electron chi connectivity index (χ4n) is 3.37. The fraction of sp³-hybridized carbons (Fsp3) is 0.217. The van der Waals surface area contributed by atoms with Crippen molar-refractivity contribution in [1.29, 1.82) is 0 Å². The lowest BCUT2D eigenvalue weighted by Crippen LogP contribution is -2.12. The number of aromatic amines is 1. The highest BCUT2D eigenvalue weighted by molar-refractivity contribution is 7.17. The van der Waals surface area contributed by atoms with Crippen molar-refractivity contribution < 1.29 is 4.74 Å². The number of ether oxygens (including phenoxy) is 1. The van der Waals surface area contributed by atoms with Gasteiger partial charge in [0.2, 0.25) is 0 Å². The summed E-state index contributed by atoms with van der Waals surface area (Å²) in [5.74, 6) is 1.92. The smallest absolute Gasteiger partial charge is 0.260 e. The molecule has 0 saturated carbocycles. The summed E-state index contributed by atoms with van der Waals surface area (Å²) >= 11 is 1.51. The third-order valence-corrected chi connectivity index (χ3v) is 5.80. The fourth-order valence-corrected chi connectivity index (χ4v) is 4.33. The Balaban J connectivity index is 1.72. The van der Waals surface area contributed by atoms with Crippen molar-refractivity contribution >= 4 is 21.6 Å². The molecule has 0 radical (unpaired) electrons. The van der Waals surface area contributed by atoms with Crippen LogP contribution in [0.5, 0.6) is 5.75 Å². The zero-order valence-electron chi connectivity index (χ0n) is 16.2. The number of thiophene rings is 1. The molecule has 0 aliphatic heterocycles. The first-order chi connectivity index (χ1) is 13.6. The Labute approximate surface area is 167 Å². The summed E-state index contributed by atoms with van der Waals surface area (Å²) in [6, 6.07) is 16.2. The van der Waals surface area contributed by atoms with Gasteiger partial charge in [-0.3, -0.25) is 4.79 Å². The molecule has 2 aromatic heterocycles. The third kappa shape index (κ3) is 3.45. The van der Waals surface area contributed by atoms with Gasteiger partial charge in [-0.15, -0.1) is 11.3 Å². The van der Waals surface area contributed by atoms with E-state index in [0.29, 0.717) is 23.5 Å². The summed E-state index contributed by atoms with van der Waals surface area (Å²) < 4.78 is 5.41. The summed E-state index contributed by atoms with van der Waals surface area (Å²) in [4.78, 5) is 21.3. The Morgan fingerprint density at radius 3 is 2.57 bits per heavy atom. The second-order valence-corrected chi connectivity index (χ2v) is 7.97. The number of hydrogen-bond donors (Lipinski definition) is 1. The summed E-state index contributed by atoms with van der Waals surface area (Å²) in [6.45, 7) is 4.35. The molecule has 4 rings (SSSR count). The molecule has 0 bridgehead atoms. The molecule has 142 valence electrons. The van der Waals surface area contributed by atoms with Crippen LogP contribution in [0.4, 0.5) is 0 Å². The van der Waals surface area contributed by atoms with Gasteiger partial charge >= 0.3 is 0 Å². The number of hydrogen-bond acceptors (Lipinski definition) is 4. The van der Waals surface area contributed by atoms with Gasteiger partial charge in [0.05, 0.1) is 12.5 Å². The number of benzene rings is 2. The Morgan fingerprint density at radius 1 is 1.11 bits per heavy atom. The number of H-pyrrole nitrogens is 1. The molecule has 2 heterocycles. The normalized spacial score (nSPS) is 11.3. The van der Waals surface area contributed by atoms with Crippen LogP contribution in [0.2, 0.25) is 0 Å². The minimum atomic E-state index is -0.0981. The first-order valence-corrected chi connectivity index (χ1v) is 10.2. The topological polar surface area (TPSA) is 55.0 Å². The molecule has 0 fully saturated rings. The van der Waals surface area contributed by atoms with E-state index in [2.05, 4.69) is 43.1 Å². The van der Waals surface area contributed by atoms with E-state index in [4.69, 9.17) is 9.72 Å². The van der Waals surface area contributed by atoms with Crippen molar-refractivity contribution in [2.45, 2.75) is 26.2 Å². The lowest BCUT2D eigenvalue weighted by molar-refractivity contribution is 0.410. The van der Waals surface area contributed by atoms with Crippen LogP contribution in [-0.4, -0.2) is 17.1 Å². The molecule has 4 nitrogen and oxygen atoms in total. The average Bonchev–Trinajstić information content (AvgIpc) is 3.13. The Bertz CT molecular complexity index is 1170. The number of fused-ring (bicyclic) bond motifs is 1. The minimum absolute atomic E-state index is 0.0981. The van der Waals surface area contributed by atoms with Gasteiger partial charge in [0, 0.05) is 22.9 Å². The van der Waals surface area contributed by atoms with Crippen LogP contribution in [-0.2, 0) is 6.42 Å². The van der Waals surface area contributed by atoms with Gasteiger partial charge in [-0.05, 0) is 23.1 Å². The Kier molecular flexibility index (Phi) is 5.01. The first-order valence-electron chi connectivity index (χ1n) is 9.29. The summed E-state index contributed by atoms with van der Waals surface area (Å²) in [6.07, 6.45) is 0.519. The molecule has 0 spiro atoms. The standard InChI is InChI=1S/C23H22N2O2S/c1-14(2)15-8-10-16(11-9-15)18-13-28-23-21(18)22(26)24-20(25-23)12-17-6-4-5-7-19(17)27-3/h4-11,13-14H,12H2,1-3H3,(H,24,25,26). The first kappa shape index (κ1) is 18.4. The van der Waals surface area contributed by atoms with Crippen molar-refractivity contribution in [2.24, 2.45) is 0 Å². The van der Waals surface area contributed by atoms with E-state index >= 15 is 0 Å². The van der Waals surface area contributed by atoms with Gasteiger partial charge in [-0.1, -0.05) is 56.3 Å². The number of para-hydroxylation sites is 1. The van der Waals surface area contributed by atoms with Crippen LogP contribution in [0, 0.1) is 0 Å². The highest BCUT2D eigenvalue weighted by atomic mass is 32.1. The van der Waals surface area contributed by atoms with Crippen LogP contribution in [0.25, 0.3) is 21.3 Å². The van der Waals surface area contributed by atoms with E-state index in [1.807, 2.05) is 29.6 Å².